The Hall–Kier alpha value is -2.30. The van der Waals surface area contributed by atoms with Crippen LogP contribution in [-0.2, 0) is 14.3 Å². The fraction of sp³-hybridized carbons (Fsp3) is 0.286. The molecule has 0 bridgehead atoms. The van der Waals surface area contributed by atoms with Crippen LogP contribution in [0.4, 0.5) is 5.69 Å². The van der Waals surface area contributed by atoms with E-state index in [9.17, 15) is 9.59 Å². The van der Waals surface area contributed by atoms with Crippen LogP contribution in [0.2, 0.25) is 0 Å². The summed E-state index contributed by atoms with van der Waals surface area (Å²) in [6.45, 7) is 1.49. The number of anilines is 1. The van der Waals surface area contributed by atoms with E-state index in [1.54, 1.807) is 36.2 Å². The zero-order chi connectivity index (χ0) is 14.4. The van der Waals surface area contributed by atoms with Crippen LogP contribution in [0.25, 0.3) is 0 Å². The van der Waals surface area contributed by atoms with Crippen molar-refractivity contribution in [3.8, 4) is 0 Å². The standard InChI is InChI=1S/C14H17NO4/c1-10(16)11-6-5-7-12(8-11)15(2)13(9-18-3)14(17)19-4/h5-9H,1-4H3. The molecule has 0 aliphatic rings. The van der Waals surface area contributed by atoms with Crippen LogP contribution >= 0.6 is 0 Å². The van der Waals surface area contributed by atoms with E-state index >= 15 is 0 Å². The fourth-order valence-corrected chi connectivity index (χ4v) is 1.55. The third-order valence-electron chi connectivity index (χ3n) is 2.63. The second kappa shape index (κ2) is 6.58. The Balaban J connectivity index is 3.13. The molecule has 0 aromatic heterocycles. The number of carbonyl (C=O) groups excluding carboxylic acids is 2. The summed E-state index contributed by atoms with van der Waals surface area (Å²) in [6.07, 6.45) is 1.30. The summed E-state index contributed by atoms with van der Waals surface area (Å²) in [6, 6.07) is 6.97. The number of esters is 1. The number of methoxy groups -OCH3 is 2. The molecule has 1 rings (SSSR count). The molecule has 0 saturated carbocycles. The number of hydrogen-bond donors (Lipinski definition) is 0. The highest BCUT2D eigenvalue weighted by Gasteiger charge is 2.17. The van der Waals surface area contributed by atoms with Crippen molar-refractivity contribution in [2.75, 3.05) is 26.2 Å². The summed E-state index contributed by atoms with van der Waals surface area (Å²) < 4.78 is 9.57. The maximum atomic E-state index is 11.7. The molecule has 0 aliphatic carbocycles. The molecule has 0 spiro atoms. The molecule has 5 heteroatoms. The number of ether oxygens (including phenoxy) is 2. The van der Waals surface area contributed by atoms with Gasteiger partial charge in [-0.3, -0.25) is 4.79 Å². The van der Waals surface area contributed by atoms with Crippen molar-refractivity contribution in [2.45, 2.75) is 6.92 Å². The maximum Gasteiger partial charge on any atom is 0.357 e. The fourth-order valence-electron chi connectivity index (χ4n) is 1.55. The normalized spacial score (nSPS) is 10.8. The van der Waals surface area contributed by atoms with Crippen molar-refractivity contribution in [3.63, 3.8) is 0 Å². The zero-order valence-corrected chi connectivity index (χ0v) is 11.5. The van der Waals surface area contributed by atoms with Crippen molar-refractivity contribution in [2.24, 2.45) is 0 Å². The van der Waals surface area contributed by atoms with Gasteiger partial charge in [-0.2, -0.15) is 0 Å². The largest absolute Gasteiger partial charge is 0.502 e. The van der Waals surface area contributed by atoms with E-state index in [0.717, 1.165) is 0 Å². The summed E-state index contributed by atoms with van der Waals surface area (Å²) in [7, 11) is 4.44. The molecule has 0 unspecified atom stereocenters. The summed E-state index contributed by atoms with van der Waals surface area (Å²) in [5.41, 5.74) is 1.51. The Kier molecular flexibility index (Phi) is 5.11. The average Bonchev–Trinajstić information content (AvgIpc) is 2.43. The average molecular weight is 263 g/mol. The number of rotatable bonds is 5. The number of carbonyl (C=O) groups is 2. The Morgan fingerprint density at radius 1 is 1.26 bits per heavy atom. The van der Waals surface area contributed by atoms with Gasteiger partial charge in [-0.25, -0.2) is 4.79 Å². The molecule has 0 heterocycles. The summed E-state index contributed by atoms with van der Waals surface area (Å²) in [5.74, 6) is -0.553. The summed E-state index contributed by atoms with van der Waals surface area (Å²) >= 11 is 0. The minimum Gasteiger partial charge on any atom is -0.502 e. The van der Waals surface area contributed by atoms with E-state index in [2.05, 4.69) is 4.74 Å². The lowest BCUT2D eigenvalue weighted by Gasteiger charge is -2.20. The minimum atomic E-state index is -0.516. The Bertz CT molecular complexity index is 508. The number of nitrogens with zero attached hydrogens (tertiary/aromatic N) is 1. The maximum absolute atomic E-state index is 11.7. The van der Waals surface area contributed by atoms with Crippen LogP contribution < -0.4 is 4.90 Å². The van der Waals surface area contributed by atoms with Gasteiger partial charge in [-0.05, 0) is 19.1 Å². The quantitative estimate of drug-likeness (QED) is 0.352. The molecular formula is C14H17NO4. The molecule has 1 aromatic rings. The van der Waals surface area contributed by atoms with Gasteiger partial charge in [0.15, 0.2) is 11.5 Å². The van der Waals surface area contributed by atoms with E-state index in [0.29, 0.717) is 11.3 Å². The number of hydrogen-bond acceptors (Lipinski definition) is 5. The molecule has 5 nitrogen and oxygen atoms in total. The third-order valence-corrected chi connectivity index (χ3v) is 2.63. The van der Waals surface area contributed by atoms with Gasteiger partial charge in [0.25, 0.3) is 0 Å². The van der Waals surface area contributed by atoms with Crippen LogP contribution in [0.3, 0.4) is 0 Å². The Morgan fingerprint density at radius 2 is 1.95 bits per heavy atom. The molecule has 0 fully saturated rings. The molecule has 102 valence electrons. The molecular weight excluding hydrogens is 246 g/mol. The van der Waals surface area contributed by atoms with Gasteiger partial charge in [-0.1, -0.05) is 12.1 Å². The third kappa shape index (κ3) is 3.58. The predicted molar refractivity (Wildman–Crippen MR) is 72.0 cm³/mol. The molecule has 0 saturated heterocycles. The minimum absolute atomic E-state index is 0.0365. The first-order chi connectivity index (χ1) is 9.01. The molecule has 0 N–H and O–H groups in total. The molecule has 0 amide bonds. The van der Waals surface area contributed by atoms with Gasteiger partial charge >= 0.3 is 5.97 Å². The van der Waals surface area contributed by atoms with E-state index < -0.39 is 5.97 Å². The zero-order valence-electron chi connectivity index (χ0n) is 11.5. The van der Waals surface area contributed by atoms with Gasteiger partial charge in [-0.15, -0.1) is 0 Å². The van der Waals surface area contributed by atoms with Gasteiger partial charge in [0, 0.05) is 18.3 Å². The number of likely N-dealkylation sites (N-methyl/N-ethyl adjacent to an activating group) is 1. The molecule has 19 heavy (non-hydrogen) atoms. The summed E-state index contributed by atoms with van der Waals surface area (Å²) in [5, 5.41) is 0. The van der Waals surface area contributed by atoms with Crippen LogP contribution in [0.1, 0.15) is 17.3 Å². The van der Waals surface area contributed by atoms with Gasteiger partial charge in [0.1, 0.15) is 6.26 Å². The van der Waals surface area contributed by atoms with Crippen LogP contribution in [0, 0.1) is 0 Å². The van der Waals surface area contributed by atoms with Crippen molar-refractivity contribution >= 4 is 17.4 Å². The van der Waals surface area contributed by atoms with E-state index in [4.69, 9.17) is 4.74 Å². The first-order valence-electron chi connectivity index (χ1n) is 5.67. The second-order valence-corrected chi connectivity index (χ2v) is 3.90. The number of benzene rings is 1. The van der Waals surface area contributed by atoms with Crippen molar-refractivity contribution in [3.05, 3.63) is 41.8 Å². The van der Waals surface area contributed by atoms with Gasteiger partial charge < -0.3 is 14.4 Å². The Labute approximate surface area is 112 Å². The van der Waals surface area contributed by atoms with Crippen LogP contribution in [0.15, 0.2) is 36.2 Å². The first-order valence-corrected chi connectivity index (χ1v) is 5.67. The van der Waals surface area contributed by atoms with Crippen LogP contribution in [0.5, 0.6) is 0 Å². The van der Waals surface area contributed by atoms with Crippen LogP contribution in [-0.4, -0.2) is 33.0 Å². The van der Waals surface area contributed by atoms with E-state index in [-0.39, 0.29) is 11.5 Å². The topological polar surface area (TPSA) is 55.8 Å². The van der Waals surface area contributed by atoms with E-state index in [1.165, 1.54) is 27.4 Å². The lowest BCUT2D eigenvalue weighted by molar-refractivity contribution is -0.136. The number of ketones is 1. The van der Waals surface area contributed by atoms with Crippen molar-refractivity contribution in [1.29, 1.82) is 0 Å². The molecule has 0 aliphatic heterocycles. The molecule has 1 aromatic carbocycles. The van der Waals surface area contributed by atoms with Gasteiger partial charge in [0.05, 0.1) is 14.2 Å². The number of Topliss-reactive ketones (excluding diaryl/α,β-unsaturated/α-hetero) is 1. The van der Waals surface area contributed by atoms with E-state index in [1.807, 2.05) is 0 Å². The lowest BCUT2D eigenvalue weighted by Crippen LogP contribution is -2.24. The summed E-state index contributed by atoms with van der Waals surface area (Å²) in [4.78, 5) is 24.6. The predicted octanol–water partition coefficient (Wildman–Crippen LogP) is 1.99. The lowest BCUT2D eigenvalue weighted by atomic mass is 10.1. The van der Waals surface area contributed by atoms with Crippen molar-refractivity contribution < 1.29 is 19.1 Å². The van der Waals surface area contributed by atoms with Crippen molar-refractivity contribution in [1.82, 2.24) is 0 Å². The smallest absolute Gasteiger partial charge is 0.357 e. The second-order valence-electron chi connectivity index (χ2n) is 3.90. The Morgan fingerprint density at radius 3 is 2.47 bits per heavy atom. The molecule has 0 radical (unpaired) electrons. The first kappa shape index (κ1) is 14.8. The van der Waals surface area contributed by atoms with Gasteiger partial charge in [0.2, 0.25) is 0 Å². The highest BCUT2D eigenvalue weighted by Crippen LogP contribution is 2.20. The highest BCUT2D eigenvalue weighted by molar-refractivity contribution is 5.96. The SMILES string of the molecule is COC=C(C(=O)OC)N(C)c1cccc(C(C)=O)c1. The highest BCUT2D eigenvalue weighted by atomic mass is 16.5. The monoisotopic (exact) mass is 263 g/mol. The molecule has 0 atom stereocenters.